The highest BCUT2D eigenvalue weighted by molar-refractivity contribution is 5.67. The van der Waals surface area contributed by atoms with Crippen molar-refractivity contribution in [3.05, 3.63) is 82.0 Å². The minimum Gasteiger partial charge on any atom is -0.481 e. The fourth-order valence-corrected chi connectivity index (χ4v) is 2.91. The van der Waals surface area contributed by atoms with E-state index in [1.54, 1.807) is 15.3 Å². The van der Waals surface area contributed by atoms with E-state index in [1.165, 1.54) is 0 Å². The van der Waals surface area contributed by atoms with Crippen molar-refractivity contribution in [2.45, 2.75) is 26.3 Å². The summed E-state index contributed by atoms with van der Waals surface area (Å²) in [7, 11) is 0. The number of carboxylic acid groups (broad SMARTS) is 1. The third kappa shape index (κ3) is 3.60. The van der Waals surface area contributed by atoms with Gasteiger partial charge in [-0.1, -0.05) is 24.3 Å². The van der Waals surface area contributed by atoms with E-state index in [2.05, 4.69) is 0 Å². The molecule has 0 unspecified atom stereocenters. The number of rotatable bonds is 6. The Morgan fingerprint density at radius 2 is 1.58 bits per heavy atom. The Morgan fingerprint density at radius 1 is 1.00 bits per heavy atom. The average Bonchev–Trinajstić information content (AvgIpc) is 2.95. The normalized spacial score (nSPS) is 10.8. The minimum absolute atomic E-state index is 0.0908. The molecule has 1 heterocycles. The molecule has 3 rings (SSSR count). The van der Waals surface area contributed by atoms with Crippen LogP contribution in [0.25, 0.3) is 11.4 Å². The van der Waals surface area contributed by atoms with Crippen LogP contribution < -0.4 is 11.4 Å². The Bertz CT molecular complexity index is 967. The van der Waals surface area contributed by atoms with Crippen LogP contribution in [0.15, 0.2) is 59.5 Å². The number of aliphatic carboxylic acids is 1. The lowest BCUT2D eigenvalue weighted by Crippen LogP contribution is -2.22. The number of hydrogen-bond acceptors (Lipinski definition) is 3. The first-order valence-corrected chi connectivity index (χ1v) is 8.41. The highest BCUT2D eigenvalue weighted by Gasteiger charge is 2.11. The highest BCUT2D eigenvalue weighted by atomic mass is 16.4. The molecule has 0 fully saturated rings. The van der Waals surface area contributed by atoms with Gasteiger partial charge < -0.3 is 10.8 Å². The Balaban J connectivity index is 1.92. The van der Waals surface area contributed by atoms with Crippen molar-refractivity contribution >= 4 is 5.97 Å². The van der Waals surface area contributed by atoms with Gasteiger partial charge in [0, 0.05) is 24.9 Å². The lowest BCUT2D eigenvalue weighted by atomic mass is 10.1. The Kier molecular flexibility index (Phi) is 5.04. The van der Waals surface area contributed by atoms with E-state index in [0.29, 0.717) is 13.0 Å². The third-order valence-corrected chi connectivity index (χ3v) is 4.34. The molecular weight excluding hydrogens is 330 g/mol. The molecule has 3 aromatic rings. The second kappa shape index (κ2) is 7.41. The number of carbonyl (C=O) groups is 1. The maximum absolute atomic E-state index is 12.9. The van der Waals surface area contributed by atoms with Gasteiger partial charge in [0.05, 0.1) is 11.4 Å². The fourth-order valence-electron chi connectivity index (χ4n) is 2.91. The van der Waals surface area contributed by atoms with Crippen LogP contribution in [0.3, 0.4) is 0 Å². The second-order valence-corrected chi connectivity index (χ2v) is 6.19. The van der Waals surface area contributed by atoms with Crippen LogP contribution in [0.5, 0.6) is 0 Å². The molecule has 3 N–H and O–H groups in total. The summed E-state index contributed by atoms with van der Waals surface area (Å²) >= 11 is 0. The number of hydrogen-bond donors (Lipinski definition) is 2. The van der Waals surface area contributed by atoms with Gasteiger partial charge in [0.25, 0.3) is 0 Å². The average molecular weight is 351 g/mol. The van der Waals surface area contributed by atoms with Gasteiger partial charge in [-0.15, -0.1) is 0 Å². The van der Waals surface area contributed by atoms with E-state index >= 15 is 0 Å². The quantitative estimate of drug-likeness (QED) is 0.713. The number of aromatic nitrogens is 2. The summed E-state index contributed by atoms with van der Waals surface area (Å²) in [5.74, 6) is -0.821. The van der Waals surface area contributed by atoms with Crippen LogP contribution in [0.1, 0.15) is 23.2 Å². The molecule has 0 bridgehead atoms. The number of imidazole rings is 1. The smallest absolute Gasteiger partial charge is 0.337 e. The van der Waals surface area contributed by atoms with Gasteiger partial charge in [-0.2, -0.15) is 0 Å². The first-order chi connectivity index (χ1) is 12.5. The lowest BCUT2D eigenvalue weighted by molar-refractivity contribution is -0.136. The zero-order chi connectivity index (χ0) is 18.7. The molecule has 134 valence electrons. The third-order valence-electron chi connectivity index (χ3n) is 4.34. The van der Waals surface area contributed by atoms with Gasteiger partial charge in [0.1, 0.15) is 0 Å². The molecule has 0 aliphatic carbocycles. The molecule has 0 spiro atoms. The summed E-state index contributed by atoms with van der Waals surface area (Å²) in [4.78, 5) is 23.5. The molecule has 0 amide bonds. The molecule has 0 atom stereocenters. The van der Waals surface area contributed by atoms with Gasteiger partial charge >= 0.3 is 11.7 Å². The van der Waals surface area contributed by atoms with E-state index in [-0.39, 0.29) is 12.1 Å². The van der Waals surface area contributed by atoms with E-state index < -0.39 is 5.97 Å². The van der Waals surface area contributed by atoms with Crippen LogP contribution in [-0.4, -0.2) is 20.2 Å². The molecule has 0 aliphatic rings. The first kappa shape index (κ1) is 17.7. The standard InChI is InChI=1S/C20H21N3O3/c1-14-13-22(17-7-2-15(3-8-17)6-11-19(24)25)20(26)23(14)18-9-4-16(12-21)5-10-18/h2-5,7-10,13H,6,11-12,21H2,1H3,(H,24,25). The van der Waals surface area contributed by atoms with E-state index in [1.807, 2.05) is 55.5 Å². The number of carboxylic acids is 1. The lowest BCUT2D eigenvalue weighted by Gasteiger charge is -2.06. The monoisotopic (exact) mass is 351 g/mol. The molecule has 6 heteroatoms. The molecule has 1 aromatic heterocycles. The zero-order valence-corrected chi connectivity index (χ0v) is 14.6. The Morgan fingerprint density at radius 3 is 2.15 bits per heavy atom. The van der Waals surface area contributed by atoms with Crippen molar-refractivity contribution in [1.29, 1.82) is 0 Å². The maximum atomic E-state index is 12.9. The zero-order valence-electron chi connectivity index (χ0n) is 14.6. The van der Waals surface area contributed by atoms with Crippen LogP contribution in [0.2, 0.25) is 0 Å². The van der Waals surface area contributed by atoms with E-state index in [4.69, 9.17) is 10.8 Å². The molecular formula is C20H21N3O3. The van der Waals surface area contributed by atoms with E-state index in [0.717, 1.165) is 28.2 Å². The molecule has 0 saturated carbocycles. The first-order valence-electron chi connectivity index (χ1n) is 8.41. The van der Waals surface area contributed by atoms with Crippen LogP contribution in [-0.2, 0) is 17.8 Å². The van der Waals surface area contributed by atoms with Gasteiger partial charge in [-0.05, 0) is 48.7 Å². The van der Waals surface area contributed by atoms with Crippen molar-refractivity contribution in [3.8, 4) is 11.4 Å². The predicted molar refractivity (Wildman–Crippen MR) is 100.0 cm³/mol. The van der Waals surface area contributed by atoms with Gasteiger partial charge in [-0.3, -0.25) is 13.9 Å². The van der Waals surface area contributed by atoms with Crippen molar-refractivity contribution in [2.75, 3.05) is 0 Å². The molecule has 26 heavy (non-hydrogen) atoms. The number of aryl methyl sites for hydroxylation is 2. The largest absolute Gasteiger partial charge is 0.481 e. The van der Waals surface area contributed by atoms with Gasteiger partial charge in [0.15, 0.2) is 0 Å². The predicted octanol–water partition coefficient (Wildman–Crippen LogP) is 2.41. The second-order valence-electron chi connectivity index (χ2n) is 6.19. The van der Waals surface area contributed by atoms with Crippen molar-refractivity contribution < 1.29 is 9.90 Å². The summed E-state index contributed by atoms with van der Waals surface area (Å²) in [6, 6.07) is 15.0. The molecule has 6 nitrogen and oxygen atoms in total. The molecule has 0 radical (unpaired) electrons. The van der Waals surface area contributed by atoms with Crippen molar-refractivity contribution in [1.82, 2.24) is 9.13 Å². The highest BCUT2D eigenvalue weighted by Crippen LogP contribution is 2.14. The molecule has 2 aromatic carbocycles. The van der Waals surface area contributed by atoms with Crippen LogP contribution in [0, 0.1) is 6.92 Å². The SMILES string of the molecule is Cc1cn(-c2ccc(CCC(=O)O)cc2)c(=O)n1-c1ccc(CN)cc1. The van der Waals surface area contributed by atoms with Crippen molar-refractivity contribution in [2.24, 2.45) is 5.73 Å². The van der Waals surface area contributed by atoms with Crippen molar-refractivity contribution in [3.63, 3.8) is 0 Å². The molecule has 0 aliphatic heterocycles. The Labute approximate surface area is 151 Å². The summed E-state index contributed by atoms with van der Waals surface area (Å²) in [5, 5.41) is 8.76. The van der Waals surface area contributed by atoms with Crippen LogP contribution in [0.4, 0.5) is 0 Å². The summed E-state index contributed by atoms with van der Waals surface area (Å²) in [6.45, 7) is 2.35. The fraction of sp³-hybridized carbons (Fsp3) is 0.200. The Hall–Kier alpha value is -3.12. The topological polar surface area (TPSA) is 90.2 Å². The summed E-state index contributed by atoms with van der Waals surface area (Å²) < 4.78 is 3.24. The minimum atomic E-state index is -0.821. The van der Waals surface area contributed by atoms with Crippen LogP contribution >= 0.6 is 0 Å². The van der Waals surface area contributed by atoms with E-state index in [9.17, 15) is 9.59 Å². The van der Waals surface area contributed by atoms with Gasteiger partial charge in [0.2, 0.25) is 0 Å². The number of benzene rings is 2. The summed E-state index contributed by atoms with van der Waals surface area (Å²) in [5.41, 5.74) is 9.77. The molecule has 0 saturated heterocycles. The summed E-state index contributed by atoms with van der Waals surface area (Å²) in [6.07, 6.45) is 2.36. The maximum Gasteiger partial charge on any atom is 0.337 e. The number of nitrogens with two attached hydrogens (primary N) is 1. The van der Waals surface area contributed by atoms with Gasteiger partial charge in [-0.25, -0.2) is 4.79 Å². The number of nitrogens with zero attached hydrogens (tertiary/aromatic N) is 2.